The Kier molecular flexibility index (Phi) is 11.6. The topological polar surface area (TPSA) is 80.5 Å². The molecule has 0 amide bonds. The van der Waals surface area contributed by atoms with E-state index in [0.29, 0.717) is 17.5 Å². The lowest BCUT2D eigenvalue weighted by Gasteiger charge is -2.26. The number of fused-ring (bicyclic) bond motifs is 3. The van der Waals surface area contributed by atoms with Crippen molar-refractivity contribution >= 4 is 44.6 Å². The van der Waals surface area contributed by atoms with Crippen LogP contribution in [0.1, 0.15) is 52.7 Å². The molecule has 0 aliphatic rings. The van der Waals surface area contributed by atoms with E-state index in [1.54, 1.807) is 0 Å². The molecule has 0 fully saturated rings. The summed E-state index contributed by atoms with van der Waals surface area (Å²) in [6.07, 6.45) is 1.91. The van der Waals surface area contributed by atoms with E-state index in [2.05, 4.69) is 233 Å². The van der Waals surface area contributed by atoms with Crippen LogP contribution in [-0.2, 0) is 10.8 Å². The fraction of sp³-hybridized carbons (Fsp3) is 0.125. The maximum absolute atomic E-state index is 5.24. The zero-order valence-electron chi connectivity index (χ0n) is 40.9. The summed E-state index contributed by atoms with van der Waals surface area (Å²) in [5.74, 6) is 2.62. The van der Waals surface area contributed by atoms with Crippen LogP contribution in [0.4, 0.5) is 22.7 Å². The van der Waals surface area contributed by atoms with E-state index in [0.717, 1.165) is 89.3 Å². The average Bonchev–Trinajstić information content (AvgIpc) is 3.73. The van der Waals surface area contributed by atoms with Gasteiger partial charge in [-0.25, -0.2) is 19.9 Å². The van der Waals surface area contributed by atoms with Gasteiger partial charge in [0.1, 0.15) is 5.82 Å². The molecular weight excluding hydrogens is 867 g/mol. The van der Waals surface area contributed by atoms with E-state index in [4.69, 9.17) is 19.9 Å². The number of hydrogen-bond acceptors (Lipinski definition) is 6. The van der Waals surface area contributed by atoms with Crippen molar-refractivity contribution in [2.24, 2.45) is 0 Å². The summed E-state index contributed by atoms with van der Waals surface area (Å²) in [5.41, 5.74) is 15.5. The molecular formula is C64H55N7. The molecule has 0 bridgehead atoms. The van der Waals surface area contributed by atoms with Gasteiger partial charge in [0.05, 0.1) is 28.1 Å². The van der Waals surface area contributed by atoms with Crippen LogP contribution in [0.2, 0.25) is 0 Å². The van der Waals surface area contributed by atoms with Gasteiger partial charge < -0.3 is 10.6 Å². The number of hydrogen-bond donors (Lipinski definition) is 2. The highest BCUT2D eigenvalue weighted by atomic mass is 15.1. The molecule has 11 aromatic rings. The Hall–Kier alpha value is -8.68. The Bertz CT molecular complexity index is 3650. The van der Waals surface area contributed by atoms with Crippen molar-refractivity contribution in [1.82, 2.24) is 24.5 Å². The molecule has 3 heterocycles. The normalized spacial score (nSPS) is 11.8. The van der Waals surface area contributed by atoms with Gasteiger partial charge in [0, 0.05) is 50.5 Å². The first-order chi connectivity index (χ1) is 34.4. The van der Waals surface area contributed by atoms with Gasteiger partial charge in [0.25, 0.3) is 0 Å². The number of aromatic nitrogens is 5. The lowest BCUT2D eigenvalue weighted by Crippen LogP contribution is -2.12. The fourth-order valence-electron chi connectivity index (χ4n) is 9.34. The highest BCUT2D eigenvalue weighted by Crippen LogP contribution is 2.44. The van der Waals surface area contributed by atoms with E-state index < -0.39 is 0 Å². The number of para-hydroxylation sites is 3. The largest absolute Gasteiger partial charge is 0.354 e. The molecule has 71 heavy (non-hydrogen) atoms. The molecule has 0 unspecified atom stereocenters. The summed E-state index contributed by atoms with van der Waals surface area (Å²) < 4.78 is 2.26. The molecule has 8 aromatic carbocycles. The average molecular weight is 922 g/mol. The van der Waals surface area contributed by atoms with Gasteiger partial charge in [-0.3, -0.25) is 4.57 Å². The Morgan fingerprint density at radius 3 is 1.51 bits per heavy atom. The van der Waals surface area contributed by atoms with Gasteiger partial charge in [0.15, 0.2) is 17.5 Å². The lowest BCUT2D eigenvalue weighted by molar-refractivity contribution is 0.588. The first-order valence-electron chi connectivity index (χ1n) is 24.3. The number of pyridine rings is 1. The summed E-state index contributed by atoms with van der Waals surface area (Å²) in [6, 6.07) is 72.2. The second kappa shape index (κ2) is 18.3. The molecule has 0 aliphatic carbocycles. The summed E-state index contributed by atoms with van der Waals surface area (Å²) in [7, 11) is 0. The third-order valence-corrected chi connectivity index (χ3v) is 13.2. The zero-order chi connectivity index (χ0) is 48.7. The lowest BCUT2D eigenvalue weighted by atomic mass is 9.82. The molecule has 3 aromatic heterocycles. The van der Waals surface area contributed by atoms with Gasteiger partial charge in [-0.1, -0.05) is 187 Å². The molecule has 7 nitrogen and oxygen atoms in total. The minimum atomic E-state index is -0.0665. The number of nitrogens with zero attached hydrogens (tertiary/aromatic N) is 5. The van der Waals surface area contributed by atoms with Crippen LogP contribution in [0.15, 0.2) is 212 Å². The van der Waals surface area contributed by atoms with Crippen molar-refractivity contribution in [1.29, 1.82) is 0 Å². The van der Waals surface area contributed by atoms with Crippen molar-refractivity contribution in [3.63, 3.8) is 0 Å². The van der Waals surface area contributed by atoms with Gasteiger partial charge in [-0.15, -0.1) is 0 Å². The van der Waals surface area contributed by atoms with E-state index in [9.17, 15) is 0 Å². The summed E-state index contributed by atoms with van der Waals surface area (Å²) >= 11 is 0. The predicted octanol–water partition coefficient (Wildman–Crippen LogP) is 16.8. The van der Waals surface area contributed by atoms with Crippen molar-refractivity contribution in [3.05, 3.63) is 224 Å². The first-order valence-corrected chi connectivity index (χ1v) is 24.3. The zero-order valence-corrected chi connectivity index (χ0v) is 40.9. The van der Waals surface area contributed by atoms with Crippen LogP contribution in [0.3, 0.4) is 0 Å². The van der Waals surface area contributed by atoms with E-state index >= 15 is 0 Å². The highest BCUT2D eigenvalue weighted by molar-refractivity contribution is 6.10. The summed E-state index contributed by atoms with van der Waals surface area (Å²) in [6.45, 7) is 13.5. The molecule has 0 spiro atoms. The van der Waals surface area contributed by atoms with Gasteiger partial charge in [-0.05, 0) is 93.7 Å². The second-order valence-corrected chi connectivity index (χ2v) is 20.2. The Morgan fingerprint density at radius 1 is 0.380 bits per heavy atom. The molecule has 7 heteroatoms. The van der Waals surface area contributed by atoms with E-state index in [1.807, 2.05) is 36.5 Å². The van der Waals surface area contributed by atoms with Crippen molar-refractivity contribution < 1.29 is 0 Å². The van der Waals surface area contributed by atoms with Crippen LogP contribution >= 0.6 is 0 Å². The minimum Gasteiger partial charge on any atom is -0.354 e. The summed E-state index contributed by atoms with van der Waals surface area (Å²) in [4.78, 5) is 20.5. The van der Waals surface area contributed by atoms with Crippen LogP contribution in [0.25, 0.3) is 84.0 Å². The number of anilines is 4. The van der Waals surface area contributed by atoms with E-state index in [-0.39, 0.29) is 10.8 Å². The molecule has 0 aliphatic heterocycles. The monoisotopic (exact) mass is 921 g/mol. The molecule has 346 valence electrons. The number of nitrogens with one attached hydrogen (secondary N) is 2. The molecule has 0 saturated carbocycles. The van der Waals surface area contributed by atoms with Crippen LogP contribution < -0.4 is 10.6 Å². The molecule has 0 radical (unpaired) electrons. The molecule has 11 rings (SSSR count). The third kappa shape index (κ3) is 9.06. The Balaban J connectivity index is 0.997. The molecule has 0 saturated heterocycles. The quantitative estimate of drug-likeness (QED) is 0.142. The highest BCUT2D eigenvalue weighted by Gasteiger charge is 2.23. The fourth-order valence-corrected chi connectivity index (χ4v) is 9.34. The molecule has 2 N–H and O–H groups in total. The van der Waals surface area contributed by atoms with Crippen molar-refractivity contribution in [2.45, 2.75) is 52.4 Å². The second-order valence-electron chi connectivity index (χ2n) is 20.2. The Morgan fingerprint density at radius 2 is 0.887 bits per heavy atom. The smallest absolute Gasteiger partial charge is 0.164 e. The number of rotatable bonds is 10. The predicted molar refractivity (Wildman–Crippen MR) is 296 cm³/mol. The van der Waals surface area contributed by atoms with Gasteiger partial charge in [-0.2, -0.15) is 0 Å². The van der Waals surface area contributed by atoms with Gasteiger partial charge >= 0.3 is 0 Å². The maximum atomic E-state index is 5.24. The van der Waals surface area contributed by atoms with Crippen LogP contribution in [0, 0.1) is 0 Å². The maximum Gasteiger partial charge on any atom is 0.164 e. The Labute approximate surface area is 416 Å². The molecule has 0 atom stereocenters. The number of benzene rings is 8. The van der Waals surface area contributed by atoms with Crippen LogP contribution in [-0.4, -0.2) is 24.5 Å². The standard InChI is InChI=1S/C64H55N7/c1-63(2,3)47-35-36-65-58(41-47)71-56-32-19-16-29-50(56)51-34-33-46(38-57(51)71)62-69-60(44-25-14-9-15-26-44)68-61(70-62)45-27-20-28-49(37-45)66-54-30-17-18-31-55(54)67-59-52(42-21-10-7-11-22-42)39-48(64(4,5)6)40-53(59)43-23-12-8-13-24-43/h7-41,66-67H,1-6H3. The SMILES string of the molecule is CC(C)(C)c1ccnc(-n2c3ccccc3c3ccc(-c4nc(-c5ccccc5)nc(-c5cccc(Nc6ccccc6Nc6c(-c7ccccc7)cc(C(C)(C)C)cc6-c6ccccc6)c5)n4)cc32)c1. The van der Waals surface area contributed by atoms with Crippen molar-refractivity contribution in [2.75, 3.05) is 10.6 Å². The van der Waals surface area contributed by atoms with Crippen molar-refractivity contribution in [3.8, 4) is 62.2 Å². The van der Waals surface area contributed by atoms with Crippen LogP contribution in [0.5, 0.6) is 0 Å². The first kappa shape index (κ1) is 44.8. The summed E-state index contributed by atoms with van der Waals surface area (Å²) in [5, 5.41) is 10.0. The minimum absolute atomic E-state index is 0.0398. The third-order valence-electron chi connectivity index (χ3n) is 13.2. The van der Waals surface area contributed by atoms with E-state index in [1.165, 1.54) is 11.1 Å². The van der Waals surface area contributed by atoms with Gasteiger partial charge in [0.2, 0.25) is 0 Å².